The lowest BCUT2D eigenvalue weighted by Gasteiger charge is -2.16. The van der Waals surface area contributed by atoms with Crippen LogP contribution in [0.25, 0.3) is 0 Å². The molecular formula is C7H17NO6S. The minimum Gasteiger partial charge on any atom is -0.388 e. The molecule has 0 saturated carbocycles. The van der Waals surface area contributed by atoms with Crippen molar-refractivity contribution < 1.29 is 28.3 Å². The third-order valence-corrected chi connectivity index (χ3v) is 3.11. The van der Waals surface area contributed by atoms with E-state index in [0.717, 1.165) is 0 Å². The molecule has 0 rings (SSSR count). The molecule has 0 aromatic heterocycles. The van der Waals surface area contributed by atoms with Crippen LogP contribution in [-0.2, 0) is 10.1 Å². The van der Waals surface area contributed by atoms with Gasteiger partial charge in [0.05, 0.1) is 0 Å². The first kappa shape index (κ1) is 14.8. The highest BCUT2D eigenvalue weighted by Gasteiger charge is 2.20. The molecule has 7 nitrogen and oxygen atoms in total. The van der Waals surface area contributed by atoms with Crippen molar-refractivity contribution in [2.24, 2.45) is 0 Å². The minimum atomic E-state index is -4.15. The zero-order chi connectivity index (χ0) is 12.1. The van der Waals surface area contributed by atoms with Crippen LogP contribution in [0.4, 0.5) is 0 Å². The van der Waals surface area contributed by atoms with Crippen LogP contribution in [0.3, 0.4) is 0 Å². The summed E-state index contributed by atoms with van der Waals surface area (Å²) in [7, 11) is -4.15. The molecule has 5 N–H and O–H groups in total. The molecule has 0 radical (unpaired) electrons. The summed E-state index contributed by atoms with van der Waals surface area (Å²) in [5.74, 6) is 0. The molecule has 8 heteroatoms. The van der Waals surface area contributed by atoms with E-state index in [4.69, 9.17) is 19.9 Å². The predicted octanol–water partition coefficient (Wildman–Crippen LogP) is -1.74. The second-order valence-electron chi connectivity index (χ2n) is 3.14. The van der Waals surface area contributed by atoms with Crippen molar-refractivity contribution in [3.05, 3.63) is 0 Å². The first-order chi connectivity index (χ1) is 6.79. The molecule has 0 aromatic rings. The van der Waals surface area contributed by atoms with Crippen LogP contribution in [-0.4, -0.2) is 52.6 Å². The molecule has 0 aliphatic rings. The van der Waals surface area contributed by atoms with E-state index in [2.05, 4.69) is 5.32 Å². The van der Waals surface area contributed by atoms with Gasteiger partial charge in [0.15, 0.2) is 6.29 Å². The number of aliphatic hydroxyl groups is 3. The normalized spacial score (nSPS) is 16.7. The van der Waals surface area contributed by atoms with Gasteiger partial charge in [0.2, 0.25) is 0 Å². The molecule has 2 unspecified atom stereocenters. The summed E-state index contributed by atoms with van der Waals surface area (Å²) in [6.07, 6.45) is -3.03. The molecule has 0 amide bonds. The third kappa shape index (κ3) is 6.03. The van der Waals surface area contributed by atoms with E-state index in [1.165, 1.54) is 0 Å². The monoisotopic (exact) mass is 243 g/mol. The first-order valence-corrected chi connectivity index (χ1v) is 6.03. The van der Waals surface area contributed by atoms with Gasteiger partial charge in [-0.1, -0.05) is 6.92 Å². The maximum atomic E-state index is 10.7. The number of hydrogen-bond donors (Lipinski definition) is 5. The highest BCUT2D eigenvalue weighted by molar-refractivity contribution is 7.86. The van der Waals surface area contributed by atoms with E-state index < -0.39 is 27.9 Å². The summed E-state index contributed by atoms with van der Waals surface area (Å²) in [6.45, 7) is 1.62. The van der Waals surface area contributed by atoms with E-state index in [0.29, 0.717) is 0 Å². The zero-order valence-corrected chi connectivity index (χ0v) is 9.18. The van der Waals surface area contributed by atoms with Gasteiger partial charge in [0, 0.05) is 0 Å². The first-order valence-electron chi connectivity index (χ1n) is 4.53. The fourth-order valence-corrected chi connectivity index (χ4v) is 1.75. The quantitative estimate of drug-likeness (QED) is 0.265. The number of rotatable bonds is 7. The van der Waals surface area contributed by atoms with Gasteiger partial charge in [0.1, 0.15) is 11.5 Å². The van der Waals surface area contributed by atoms with Gasteiger partial charge in [-0.25, -0.2) is 0 Å². The third-order valence-electron chi connectivity index (χ3n) is 1.89. The smallest absolute Gasteiger partial charge is 0.281 e. The summed E-state index contributed by atoms with van der Waals surface area (Å²) in [6, 6.07) is 0. The molecule has 0 aliphatic carbocycles. The molecule has 0 saturated heterocycles. The Bertz CT molecular complexity index is 265. The lowest BCUT2D eigenvalue weighted by molar-refractivity contribution is -0.123. The molecule has 92 valence electrons. The second kappa shape index (κ2) is 6.36. The van der Waals surface area contributed by atoms with Gasteiger partial charge in [-0.05, 0) is 19.4 Å². The van der Waals surface area contributed by atoms with Crippen molar-refractivity contribution >= 4 is 10.1 Å². The maximum absolute atomic E-state index is 10.7. The van der Waals surface area contributed by atoms with Crippen molar-refractivity contribution in [1.82, 2.24) is 5.32 Å². The summed E-state index contributed by atoms with van der Waals surface area (Å²) < 4.78 is 30.1. The van der Waals surface area contributed by atoms with Gasteiger partial charge in [0.25, 0.3) is 10.1 Å². The topological polar surface area (TPSA) is 127 Å². The Morgan fingerprint density at radius 3 is 2.13 bits per heavy atom. The molecule has 0 spiro atoms. The molecule has 0 heterocycles. The van der Waals surface area contributed by atoms with Crippen molar-refractivity contribution in [3.8, 4) is 0 Å². The second-order valence-corrected chi connectivity index (χ2v) is 4.73. The van der Waals surface area contributed by atoms with Gasteiger partial charge in [-0.2, -0.15) is 8.42 Å². The Morgan fingerprint density at radius 1 is 1.27 bits per heavy atom. The standard InChI is InChI=1S/C7H17NO6S/c1-2-6(15(12,13)14)8-4-3-5(9)7(10)11/h5-11H,2-4H2,1H3,(H,12,13,14). The van der Waals surface area contributed by atoms with Crippen LogP contribution in [0.1, 0.15) is 19.8 Å². The molecule has 0 bridgehead atoms. The Kier molecular flexibility index (Phi) is 6.25. The predicted molar refractivity (Wildman–Crippen MR) is 52.5 cm³/mol. The lowest BCUT2D eigenvalue weighted by atomic mass is 10.2. The Morgan fingerprint density at radius 2 is 1.80 bits per heavy atom. The van der Waals surface area contributed by atoms with Crippen LogP contribution in [0, 0.1) is 0 Å². The van der Waals surface area contributed by atoms with E-state index in [1.54, 1.807) is 6.92 Å². The van der Waals surface area contributed by atoms with Crippen LogP contribution in [0.2, 0.25) is 0 Å². The van der Waals surface area contributed by atoms with Crippen molar-refractivity contribution in [2.75, 3.05) is 6.54 Å². The summed E-state index contributed by atoms with van der Waals surface area (Å²) in [5.41, 5.74) is 0. The Hall–Kier alpha value is -0.250. The highest BCUT2D eigenvalue weighted by Crippen LogP contribution is 2.01. The van der Waals surface area contributed by atoms with Crippen LogP contribution in [0.15, 0.2) is 0 Å². The summed E-state index contributed by atoms with van der Waals surface area (Å²) in [4.78, 5) is 0. The van der Waals surface area contributed by atoms with E-state index in [9.17, 15) is 8.42 Å². The highest BCUT2D eigenvalue weighted by atomic mass is 32.2. The lowest BCUT2D eigenvalue weighted by Crippen LogP contribution is -2.38. The van der Waals surface area contributed by atoms with Gasteiger partial charge in [-0.15, -0.1) is 0 Å². The molecule has 0 aliphatic heterocycles. The molecule has 15 heavy (non-hydrogen) atoms. The molecule has 0 aromatic carbocycles. The van der Waals surface area contributed by atoms with E-state index >= 15 is 0 Å². The van der Waals surface area contributed by atoms with Crippen molar-refractivity contribution in [2.45, 2.75) is 37.5 Å². The summed E-state index contributed by atoms with van der Waals surface area (Å²) >= 11 is 0. The van der Waals surface area contributed by atoms with Gasteiger partial charge >= 0.3 is 0 Å². The van der Waals surface area contributed by atoms with Crippen LogP contribution in [0.5, 0.6) is 0 Å². The van der Waals surface area contributed by atoms with Gasteiger partial charge < -0.3 is 15.3 Å². The Balaban J connectivity index is 3.94. The maximum Gasteiger partial charge on any atom is 0.281 e. The fraction of sp³-hybridized carbons (Fsp3) is 1.00. The molecule has 2 atom stereocenters. The minimum absolute atomic E-state index is 0.0241. The average Bonchev–Trinajstić information content (AvgIpc) is 2.09. The van der Waals surface area contributed by atoms with Crippen molar-refractivity contribution in [3.63, 3.8) is 0 Å². The van der Waals surface area contributed by atoms with E-state index in [-0.39, 0.29) is 19.4 Å². The fourth-order valence-electron chi connectivity index (χ4n) is 1.00. The van der Waals surface area contributed by atoms with Crippen LogP contribution < -0.4 is 5.32 Å². The molecule has 0 fully saturated rings. The SMILES string of the molecule is CCC(NCCC(O)C(O)O)S(=O)(=O)O. The number of aliphatic hydroxyl groups excluding tert-OH is 2. The Labute approximate surface area is 88.5 Å². The molecular weight excluding hydrogens is 226 g/mol. The number of nitrogens with one attached hydrogen (secondary N) is 1. The van der Waals surface area contributed by atoms with E-state index in [1.807, 2.05) is 0 Å². The average molecular weight is 243 g/mol. The number of hydrogen-bond acceptors (Lipinski definition) is 6. The summed E-state index contributed by atoms with van der Waals surface area (Å²) in [5, 5.41) is 27.4. The van der Waals surface area contributed by atoms with Crippen LogP contribution >= 0.6 is 0 Å². The van der Waals surface area contributed by atoms with Gasteiger partial charge in [-0.3, -0.25) is 9.87 Å². The largest absolute Gasteiger partial charge is 0.388 e. The zero-order valence-electron chi connectivity index (χ0n) is 8.37. The van der Waals surface area contributed by atoms with Crippen molar-refractivity contribution in [1.29, 1.82) is 0 Å².